The molecule has 0 atom stereocenters. The number of amides is 1. The molecule has 0 radical (unpaired) electrons. The minimum atomic E-state index is 0.0901. The lowest BCUT2D eigenvalue weighted by Gasteiger charge is -2.34. The van der Waals surface area contributed by atoms with Gasteiger partial charge in [-0.1, -0.05) is 13.8 Å². The monoisotopic (exact) mass is 338 g/mol. The Morgan fingerprint density at radius 1 is 1.30 bits per heavy atom. The summed E-state index contributed by atoms with van der Waals surface area (Å²) in [5.41, 5.74) is 1.25. The largest absolute Gasteiger partial charge is 0.348 e. The Morgan fingerprint density at radius 2 is 1.95 bits per heavy atom. The molecule has 0 aromatic carbocycles. The van der Waals surface area contributed by atoms with Gasteiger partial charge in [-0.25, -0.2) is 0 Å². The van der Waals surface area contributed by atoms with Crippen molar-refractivity contribution in [2.45, 2.75) is 64.5 Å². The van der Waals surface area contributed by atoms with Crippen molar-refractivity contribution in [3.8, 4) is 0 Å². The Kier molecular flexibility index (Phi) is 3.69. The first kappa shape index (κ1) is 14.2. The van der Waals surface area contributed by atoms with E-state index < -0.39 is 0 Å². The molecule has 3 nitrogen and oxygen atoms in total. The summed E-state index contributed by atoms with van der Waals surface area (Å²) in [5.74, 6) is 0.0901. The zero-order valence-corrected chi connectivity index (χ0v) is 13.9. The number of carbonyl (C=O) groups excluding carboxylic acids is 1. The predicted molar refractivity (Wildman–Crippen MR) is 83.9 cm³/mol. The van der Waals surface area contributed by atoms with Crippen LogP contribution >= 0.6 is 15.9 Å². The van der Waals surface area contributed by atoms with E-state index in [2.05, 4.69) is 39.7 Å². The maximum atomic E-state index is 12.5. The maximum Gasteiger partial charge on any atom is 0.268 e. The Morgan fingerprint density at radius 3 is 2.55 bits per heavy atom. The van der Waals surface area contributed by atoms with Crippen LogP contribution in [0.3, 0.4) is 0 Å². The Bertz CT molecular complexity index is 507. The number of rotatable bonds is 3. The van der Waals surface area contributed by atoms with E-state index in [1.54, 1.807) is 0 Å². The maximum absolute atomic E-state index is 12.5. The second-order valence-corrected chi connectivity index (χ2v) is 8.01. The van der Waals surface area contributed by atoms with E-state index in [1.165, 1.54) is 25.7 Å². The highest BCUT2D eigenvalue weighted by Gasteiger charge is 2.30. The van der Waals surface area contributed by atoms with Crippen molar-refractivity contribution in [3.05, 3.63) is 22.4 Å². The molecule has 0 aliphatic heterocycles. The lowest BCUT2D eigenvalue weighted by molar-refractivity contribution is 0.0899. The van der Waals surface area contributed by atoms with Gasteiger partial charge in [0.1, 0.15) is 5.69 Å². The Labute approximate surface area is 129 Å². The Balaban J connectivity index is 1.65. The smallest absolute Gasteiger partial charge is 0.268 e. The second kappa shape index (κ2) is 5.21. The first-order chi connectivity index (χ1) is 9.44. The van der Waals surface area contributed by atoms with Gasteiger partial charge in [-0.15, -0.1) is 0 Å². The average Bonchev–Trinajstić information content (AvgIpc) is 3.15. The predicted octanol–water partition coefficient (Wildman–Crippen LogP) is 4.28. The van der Waals surface area contributed by atoms with Gasteiger partial charge in [-0.3, -0.25) is 4.79 Å². The van der Waals surface area contributed by atoms with Crippen molar-refractivity contribution in [2.75, 3.05) is 0 Å². The van der Waals surface area contributed by atoms with Crippen LogP contribution in [0.5, 0.6) is 0 Å². The van der Waals surface area contributed by atoms with Gasteiger partial charge in [-0.2, -0.15) is 0 Å². The fourth-order valence-electron chi connectivity index (χ4n) is 3.09. The topological polar surface area (TPSA) is 34.0 Å². The van der Waals surface area contributed by atoms with Gasteiger partial charge in [0.05, 0.1) is 0 Å². The van der Waals surface area contributed by atoms with E-state index in [-0.39, 0.29) is 5.91 Å². The molecule has 1 aromatic rings. The summed E-state index contributed by atoms with van der Waals surface area (Å²) >= 11 is 3.49. The molecule has 2 aliphatic rings. The number of carbonyl (C=O) groups is 1. The average molecular weight is 339 g/mol. The molecule has 0 bridgehead atoms. The van der Waals surface area contributed by atoms with Crippen molar-refractivity contribution in [2.24, 2.45) is 5.41 Å². The summed E-state index contributed by atoms with van der Waals surface area (Å²) in [6.07, 6.45) is 9.03. The van der Waals surface area contributed by atoms with Crippen LogP contribution in [0.4, 0.5) is 0 Å². The highest BCUT2D eigenvalue weighted by molar-refractivity contribution is 9.10. The molecule has 1 amide bonds. The van der Waals surface area contributed by atoms with Crippen LogP contribution < -0.4 is 5.32 Å². The van der Waals surface area contributed by atoms with E-state index in [1.807, 2.05) is 12.3 Å². The molecule has 2 fully saturated rings. The third-order valence-electron chi connectivity index (χ3n) is 4.66. The molecule has 1 aromatic heterocycles. The van der Waals surface area contributed by atoms with E-state index in [0.717, 1.165) is 23.0 Å². The summed E-state index contributed by atoms with van der Waals surface area (Å²) in [5, 5.41) is 3.23. The van der Waals surface area contributed by atoms with Crippen molar-refractivity contribution < 1.29 is 4.79 Å². The molecular weight excluding hydrogens is 316 g/mol. The van der Waals surface area contributed by atoms with Crippen LogP contribution in [0.1, 0.15) is 68.9 Å². The van der Waals surface area contributed by atoms with Gasteiger partial charge in [0, 0.05) is 22.8 Å². The third-order valence-corrected chi connectivity index (χ3v) is 5.10. The van der Waals surface area contributed by atoms with Crippen molar-refractivity contribution in [3.63, 3.8) is 0 Å². The molecule has 1 N–H and O–H groups in total. The van der Waals surface area contributed by atoms with Crippen molar-refractivity contribution >= 4 is 21.8 Å². The number of nitrogens with one attached hydrogen (secondary N) is 1. The SMILES string of the molecule is CC1(C)CCC(NC(=O)c2cc(Br)cn2C2CC2)CC1. The lowest BCUT2D eigenvalue weighted by atomic mass is 9.75. The third kappa shape index (κ3) is 3.11. The molecule has 2 aliphatic carbocycles. The molecular formula is C16H23BrN2O. The quantitative estimate of drug-likeness (QED) is 0.876. The van der Waals surface area contributed by atoms with Crippen LogP contribution in [-0.4, -0.2) is 16.5 Å². The summed E-state index contributed by atoms with van der Waals surface area (Å²) < 4.78 is 3.13. The van der Waals surface area contributed by atoms with Crippen LogP contribution in [0.25, 0.3) is 0 Å². The number of halogens is 1. The molecule has 2 saturated carbocycles. The van der Waals surface area contributed by atoms with Gasteiger partial charge in [0.15, 0.2) is 0 Å². The van der Waals surface area contributed by atoms with Crippen LogP contribution in [0.2, 0.25) is 0 Å². The Hall–Kier alpha value is -0.770. The van der Waals surface area contributed by atoms with Crippen LogP contribution in [0.15, 0.2) is 16.7 Å². The summed E-state index contributed by atoms with van der Waals surface area (Å²) in [6.45, 7) is 4.64. The molecule has 1 heterocycles. The molecule has 0 saturated heterocycles. The van der Waals surface area contributed by atoms with E-state index in [9.17, 15) is 4.79 Å². The number of hydrogen-bond acceptors (Lipinski definition) is 1. The molecule has 4 heteroatoms. The molecule has 20 heavy (non-hydrogen) atoms. The minimum absolute atomic E-state index is 0.0901. The minimum Gasteiger partial charge on any atom is -0.348 e. The summed E-state index contributed by atoms with van der Waals surface area (Å²) in [4.78, 5) is 12.5. The molecule has 0 unspecified atom stereocenters. The van der Waals surface area contributed by atoms with Gasteiger partial charge in [0.25, 0.3) is 5.91 Å². The number of aromatic nitrogens is 1. The molecule has 0 spiro atoms. The number of nitrogens with zero attached hydrogens (tertiary/aromatic N) is 1. The summed E-state index contributed by atoms with van der Waals surface area (Å²) in [6, 6.07) is 2.82. The van der Waals surface area contributed by atoms with Gasteiger partial charge in [-0.05, 0) is 65.9 Å². The first-order valence-electron chi connectivity index (χ1n) is 7.63. The van der Waals surface area contributed by atoms with Gasteiger partial charge >= 0.3 is 0 Å². The van der Waals surface area contributed by atoms with Gasteiger partial charge < -0.3 is 9.88 Å². The normalized spacial score (nSPS) is 22.8. The zero-order chi connectivity index (χ0) is 14.3. The standard InChI is InChI=1S/C16H23BrN2O/c1-16(2)7-5-12(6-8-16)18-15(20)14-9-11(17)10-19(14)13-3-4-13/h9-10,12-13H,3-8H2,1-2H3,(H,18,20). The summed E-state index contributed by atoms with van der Waals surface area (Å²) in [7, 11) is 0. The highest BCUT2D eigenvalue weighted by Crippen LogP contribution is 2.38. The van der Waals surface area contributed by atoms with E-state index in [0.29, 0.717) is 17.5 Å². The lowest BCUT2D eigenvalue weighted by Crippen LogP contribution is -2.39. The second-order valence-electron chi connectivity index (χ2n) is 7.09. The molecule has 3 rings (SSSR count). The molecule has 110 valence electrons. The van der Waals surface area contributed by atoms with Gasteiger partial charge in [0.2, 0.25) is 0 Å². The first-order valence-corrected chi connectivity index (χ1v) is 8.42. The van der Waals surface area contributed by atoms with Crippen LogP contribution in [-0.2, 0) is 0 Å². The van der Waals surface area contributed by atoms with E-state index >= 15 is 0 Å². The highest BCUT2D eigenvalue weighted by atomic mass is 79.9. The van der Waals surface area contributed by atoms with Crippen LogP contribution in [0, 0.1) is 5.41 Å². The van der Waals surface area contributed by atoms with Crippen molar-refractivity contribution in [1.82, 2.24) is 9.88 Å². The van der Waals surface area contributed by atoms with E-state index in [4.69, 9.17) is 0 Å². The zero-order valence-electron chi connectivity index (χ0n) is 12.3. The number of hydrogen-bond donors (Lipinski definition) is 1. The van der Waals surface area contributed by atoms with Crippen molar-refractivity contribution in [1.29, 1.82) is 0 Å². The fraction of sp³-hybridized carbons (Fsp3) is 0.688. The fourth-order valence-corrected chi connectivity index (χ4v) is 3.52.